The summed E-state index contributed by atoms with van der Waals surface area (Å²) in [6.07, 6.45) is -6.92. The van der Waals surface area contributed by atoms with E-state index in [1.807, 2.05) is 41.5 Å². The Hall–Kier alpha value is -2.53. The average molecular weight is 785 g/mol. The smallest absolute Gasteiger partial charge is 0.444 e. The summed E-state index contributed by atoms with van der Waals surface area (Å²) >= 11 is 0. The Balaban J connectivity index is 1.40. The van der Waals surface area contributed by atoms with Crippen LogP contribution in [0, 0.1) is 23.7 Å². The van der Waals surface area contributed by atoms with Gasteiger partial charge in [0.15, 0.2) is 0 Å². The maximum absolute atomic E-state index is 16.9. The van der Waals surface area contributed by atoms with Crippen LogP contribution in [0.1, 0.15) is 94.4 Å². The summed E-state index contributed by atoms with van der Waals surface area (Å²) in [6.45, 7) is 18.1. The largest absolute Gasteiger partial charge is 0.509 e. The fourth-order valence-electron chi connectivity index (χ4n) is 10.1. The summed E-state index contributed by atoms with van der Waals surface area (Å²) in [5.74, 6) is -1.94. The summed E-state index contributed by atoms with van der Waals surface area (Å²) in [7, 11) is 0. The highest BCUT2D eigenvalue weighted by Crippen LogP contribution is 2.44. The molecule has 14 atom stereocenters. The average Bonchev–Trinajstić information content (AvgIpc) is 3.07. The number of piperazine rings is 1. The second kappa shape index (κ2) is 16.4. The number of urea groups is 1. The summed E-state index contributed by atoms with van der Waals surface area (Å²) in [4.78, 5) is 46.8. The molecule has 13 unspecified atom stereocenters. The second-order valence-corrected chi connectivity index (χ2v) is 19.0. The molecule has 16 heteroatoms. The molecular formula is C39H66F2N6O8. The molecule has 0 radical (unpaired) electrons. The molecule has 4 N–H and O–H groups in total. The number of carbonyl (C=O) groups is 3. The number of nitrogens with one attached hydrogen (secondary N) is 3. The number of aliphatic hydroxyl groups is 1. The number of rotatable bonds is 3. The van der Waals surface area contributed by atoms with E-state index in [1.165, 1.54) is 0 Å². The van der Waals surface area contributed by atoms with Gasteiger partial charge in [0.2, 0.25) is 0 Å². The van der Waals surface area contributed by atoms with Crippen LogP contribution < -0.4 is 16.0 Å². The van der Waals surface area contributed by atoms with Gasteiger partial charge in [-0.1, -0.05) is 13.8 Å². The molecule has 0 aromatic carbocycles. The van der Waals surface area contributed by atoms with Crippen molar-refractivity contribution in [2.75, 3.05) is 32.8 Å². The quantitative estimate of drug-likeness (QED) is 0.306. The fraction of sp³-hybridized carbons (Fsp3) is 0.923. The van der Waals surface area contributed by atoms with Crippen molar-refractivity contribution in [3.8, 4) is 0 Å². The number of aliphatic hydroxyl groups excluding tert-OH is 1. The van der Waals surface area contributed by atoms with Gasteiger partial charge in [-0.25, -0.2) is 23.2 Å². The molecule has 2 bridgehead atoms. The summed E-state index contributed by atoms with van der Waals surface area (Å²) in [5.41, 5.74) is -1.52. The van der Waals surface area contributed by atoms with E-state index in [9.17, 15) is 19.5 Å². The normalized spacial score (nSPS) is 40.5. The molecule has 5 heterocycles. The Morgan fingerprint density at radius 3 is 2.33 bits per heavy atom. The van der Waals surface area contributed by atoms with Crippen LogP contribution in [0.4, 0.5) is 23.2 Å². The molecule has 1 saturated carbocycles. The van der Waals surface area contributed by atoms with Crippen molar-refractivity contribution in [1.29, 1.82) is 0 Å². The third-order valence-electron chi connectivity index (χ3n) is 12.4. The Bertz CT molecular complexity index is 1380. The van der Waals surface area contributed by atoms with Crippen LogP contribution >= 0.6 is 0 Å². The van der Waals surface area contributed by atoms with Gasteiger partial charge in [-0.05, 0) is 93.0 Å². The number of halogens is 2. The van der Waals surface area contributed by atoms with Gasteiger partial charge in [0.1, 0.15) is 35.8 Å². The molecule has 5 aliphatic heterocycles. The molecule has 3 amide bonds. The third kappa shape index (κ3) is 9.13. The van der Waals surface area contributed by atoms with Crippen molar-refractivity contribution >= 4 is 18.3 Å². The zero-order chi connectivity index (χ0) is 40.1. The Kier molecular flexibility index (Phi) is 12.5. The number of hydrogen-bond acceptors (Lipinski definition) is 11. The second-order valence-electron chi connectivity index (χ2n) is 19.0. The lowest BCUT2D eigenvalue weighted by atomic mass is 9.71. The van der Waals surface area contributed by atoms with E-state index in [1.54, 1.807) is 30.6 Å². The molecule has 14 nitrogen and oxygen atoms in total. The number of alkyl halides is 2. The first-order valence-electron chi connectivity index (χ1n) is 20.5. The van der Waals surface area contributed by atoms with Crippen LogP contribution in [-0.2, 0) is 18.9 Å². The van der Waals surface area contributed by atoms with Crippen LogP contribution in [0.2, 0.25) is 0 Å². The summed E-state index contributed by atoms with van der Waals surface area (Å²) in [6, 6.07) is -2.50. The van der Waals surface area contributed by atoms with E-state index in [0.29, 0.717) is 45.4 Å². The van der Waals surface area contributed by atoms with Gasteiger partial charge in [-0.3, -0.25) is 10.2 Å². The van der Waals surface area contributed by atoms with Gasteiger partial charge in [-0.15, -0.1) is 0 Å². The molecule has 5 saturated heterocycles. The highest BCUT2D eigenvalue weighted by atomic mass is 19.1. The highest BCUT2D eigenvalue weighted by molar-refractivity contribution is 5.77. The number of carbonyl (C=O) groups excluding carboxylic acids is 3. The van der Waals surface area contributed by atoms with Crippen LogP contribution in [0.25, 0.3) is 0 Å². The first kappa shape index (κ1) is 42.1. The number of nitrogens with zero attached hydrogens (tertiary/aromatic N) is 3. The van der Waals surface area contributed by atoms with Gasteiger partial charge in [0.25, 0.3) is 0 Å². The minimum atomic E-state index is -1.45. The van der Waals surface area contributed by atoms with Crippen molar-refractivity contribution in [2.24, 2.45) is 23.7 Å². The molecule has 314 valence electrons. The Morgan fingerprint density at radius 1 is 0.964 bits per heavy atom. The molecule has 6 fully saturated rings. The Labute approximate surface area is 325 Å². The highest BCUT2D eigenvalue weighted by Gasteiger charge is 2.59. The molecule has 1 aliphatic carbocycles. The van der Waals surface area contributed by atoms with Crippen LogP contribution in [-0.4, -0.2) is 149 Å². The third-order valence-corrected chi connectivity index (χ3v) is 12.4. The van der Waals surface area contributed by atoms with E-state index in [0.717, 1.165) is 0 Å². The van der Waals surface area contributed by atoms with Gasteiger partial charge in [-0.2, -0.15) is 0 Å². The van der Waals surface area contributed by atoms with Crippen molar-refractivity contribution < 1.29 is 47.2 Å². The van der Waals surface area contributed by atoms with E-state index < -0.39 is 102 Å². The van der Waals surface area contributed by atoms with Crippen LogP contribution in [0.3, 0.4) is 0 Å². The predicted molar refractivity (Wildman–Crippen MR) is 199 cm³/mol. The molecule has 0 spiro atoms. The Morgan fingerprint density at radius 2 is 1.67 bits per heavy atom. The lowest BCUT2D eigenvalue weighted by Gasteiger charge is -2.60. The van der Waals surface area contributed by atoms with E-state index in [-0.39, 0.29) is 37.5 Å². The lowest BCUT2D eigenvalue weighted by molar-refractivity contribution is -0.162. The van der Waals surface area contributed by atoms with Crippen LogP contribution in [0.15, 0.2) is 0 Å². The lowest BCUT2D eigenvalue weighted by Crippen LogP contribution is -2.80. The van der Waals surface area contributed by atoms with Gasteiger partial charge >= 0.3 is 18.3 Å². The monoisotopic (exact) mass is 784 g/mol. The molecule has 0 aromatic rings. The molecule has 6 rings (SSSR count). The molecule has 6 aliphatic rings. The maximum atomic E-state index is 16.9. The van der Waals surface area contributed by atoms with Gasteiger partial charge in [0.05, 0.1) is 31.1 Å². The number of piperidine rings is 2. The first-order chi connectivity index (χ1) is 25.7. The van der Waals surface area contributed by atoms with Gasteiger partial charge in [0, 0.05) is 55.5 Å². The fourth-order valence-corrected chi connectivity index (χ4v) is 10.1. The number of ether oxygens (including phenoxy) is 4. The number of hydrogen-bond donors (Lipinski definition) is 4. The molecular weight excluding hydrogens is 718 g/mol. The molecule has 0 aromatic heterocycles. The number of fused-ring (bicyclic) bond motifs is 5. The summed E-state index contributed by atoms with van der Waals surface area (Å²) < 4.78 is 56.6. The minimum Gasteiger partial charge on any atom is -0.444 e. The predicted octanol–water partition coefficient (Wildman–Crippen LogP) is 4.14. The SMILES string of the molecule is CC(C)C1NCCC2C(OC(=O)OC(C)(C)C)C(O)COC3CCCC(F)C3C3NC4C(CC3F)C(N3CCN(C(=O)OC(C)(C)C)C[C@@H]3C)NC(=O)N4C21. The summed E-state index contributed by atoms with van der Waals surface area (Å²) in [5, 5.41) is 22.3. The maximum Gasteiger partial charge on any atom is 0.509 e. The number of amides is 3. The van der Waals surface area contributed by atoms with Crippen molar-refractivity contribution in [3.63, 3.8) is 0 Å². The van der Waals surface area contributed by atoms with Crippen molar-refractivity contribution in [3.05, 3.63) is 0 Å². The standard InChI is InChI=1S/C39H66F2N6O8/c1-20(2)29-31-22(13-14-42-29)32(53-37(51)55-39(7,8)9)26(48)19-52-27-12-10-11-24(40)28(27)30-25(41)17-23-33(44-35(49)47(31)34(23)43-30)46-16-15-45(18-21(46)3)36(50)54-38(4,5)6/h20-34,42-43,48H,10-19H2,1-9H3,(H,44,49)/t21-,22?,23?,24?,25?,26?,27?,28?,29?,30?,31?,32?,33?,34?/m0/s1. The zero-order valence-electron chi connectivity index (χ0n) is 34.1. The van der Waals surface area contributed by atoms with Crippen molar-refractivity contribution in [2.45, 2.75) is 173 Å². The van der Waals surface area contributed by atoms with Gasteiger partial charge < -0.3 is 44.5 Å². The molecule has 55 heavy (non-hydrogen) atoms. The minimum absolute atomic E-state index is 0.00698. The van der Waals surface area contributed by atoms with E-state index in [4.69, 9.17) is 18.9 Å². The van der Waals surface area contributed by atoms with E-state index >= 15 is 8.78 Å². The van der Waals surface area contributed by atoms with Crippen molar-refractivity contribution in [1.82, 2.24) is 30.7 Å². The van der Waals surface area contributed by atoms with E-state index in [2.05, 4.69) is 20.9 Å². The first-order valence-corrected chi connectivity index (χ1v) is 20.5. The zero-order valence-corrected chi connectivity index (χ0v) is 34.1. The topological polar surface area (TPSA) is 154 Å². The van der Waals surface area contributed by atoms with Crippen LogP contribution in [0.5, 0.6) is 0 Å².